The summed E-state index contributed by atoms with van der Waals surface area (Å²) in [7, 11) is 0. The molecule has 0 spiro atoms. The first-order chi connectivity index (χ1) is 7.25. The summed E-state index contributed by atoms with van der Waals surface area (Å²) < 4.78 is 5.81. The van der Waals surface area contributed by atoms with Gasteiger partial charge in [-0.15, -0.1) is 0 Å². The monoisotopic (exact) mass is 205 g/mol. The zero-order chi connectivity index (χ0) is 10.7. The third kappa shape index (κ3) is 3.24. The second kappa shape index (κ2) is 4.67. The fraction of sp³-hybridized carbons (Fsp3) is 0.538. The normalized spacial score (nSPS) is 17.5. The van der Waals surface area contributed by atoms with Gasteiger partial charge in [-0.05, 0) is 43.7 Å². The Hall–Kier alpha value is -1.02. The Morgan fingerprint density at radius 1 is 1.40 bits per heavy atom. The van der Waals surface area contributed by atoms with E-state index >= 15 is 0 Å². The summed E-state index contributed by atoms with van der Waals surface area (Å²) in [5.41, 5.74) is 7.04. The Labute approximate surface area is 91.4 Å². The summed E-state index contributed by atoms with van der Waals surface area (Å²) >= 11 is 0. The van der Waals surface area contributed by atoms with Gasteiger partial charge in [0.15, 0.2) is 0 Å². The molecule has 1 saturated carbocycles. The van der Waals surface area contributed by atoms with Gasteiger partial charge in [-0.3, -0.25) is 0 Å². The van der Waals surface area contributed by atoms with Crippen molar-refractivity contribution in [1.82, 2.24) is 0 Å². The number of para-hydroxylation sites is 1. The van der Waals surface area contributed by atoms with E-state index in [4.69, 9.17) is 10.5 Å². The molecule has 0 bridgehead atoms. The molecule has 1 aromatic carbocycles. The first kappa shape index (κ1) is 10.5. The third-order valence-corrected chi connectivity index (χ3v) is 2.69. The van der Waals surface area contributed by atoms with Gasteiger partial charge < -0.3 is 10.5 Å². The molecule has 1 aliphatic rings. The number of hydrogen-bond donors (Lipinski definition) is 1. The molecule has 2 heteroatoms. The van der Waals surface area contributed by atoms with Gasteiger partial charge in [-0.25, -0.2) is 0 Å². The van der Waals surface area contributed by atoms with Crippen molar-refractivity contribution < 1.29 is 4.74 Å². The number of rotatable bonds is 5. The summed E-state index contributed by atoms with van der Waals surface area (Å²) in [6.45, 7) is 2.90. The Morgan fingerprint density at radius 3 is 2.80 bits per heavy atom. The van der Waals surface area contributed by atoms with Crippen molar-refractivity contribution in [3.05, 3.63) is 29.8 Å². The fourth-order valence-electron chi connectivity index (χ4n) is 1.65. The Morgan fingerprint density at radius 2 is 2.13 bits per heavy atom. The highest BCUT2D eigenvalue weighted by Crippen LogP contribution is 2.30. The van der Waals surface area contributed by atoms with Gasteiger partial charge in [-0.2, -0.15) is 0 Å². The van der Waals surface area contributed by atoms with E-state index in [1.54, 1.807) is 0 Å². The molecule has 1 fully saturated rings. The minimum absolute atomic E-state index is 0.190. The van der Waals surface area contributed by atoms with E-state index in [0.29, 0.717) is 0 Å². The maximum absolute atomic E-state index is 5.81. The molecule has 1 unspecified atom stereocenters. The molecule has 1 aliphatic carbocycles. The summed E-state index contributed by atoms with van der Waals surface area (Å²) in [6.07, 6.45) is 3.55. The van der Waals surface area contributed by atoms with E-state index in [1.807, 2.05) is 25.1 Å². The molecule has 0 radical (unpaired) electrons. The fourth-order valence-corrected chi connectivity index (χ4v) is 1.65. The van der Waals surface area contributed by atoms with Crippen molar-refractivity contribution >= 4 is 0 Å². The largest absolute Gasteiger partial charge is 0.493 e. The zero-order valence-electron chi connectivity index (χ0n) is 9.28. The van der Waals surface area contributed by atoms with Crippen molar-refractivity contribution in [2.24, 2.45) is 11.7 Å². The summed E-state index contributed by atoms with van der Waals surface area (Å²) in [4.78, 5) is 0. The van der Waals surface area contributed by atoms with Gasteiger partial charge in [0.1, 0.15) is 5.75 Å². The highest BCUT2D eigenvalue weighted by Gasteiger charge is 2.22. The molecule has 2 nitrogen and oxygen atoms in total. The van der Waals surface area contributed by atoms with E-state index in [0.717, 1.165) is 24.7 Å². The second-order valence-corrected chi connectivity index (χ2v) is 4.54. The lowest BCUT2D eigenvalue weighted by Gasteiger charge is -2.12. The quantitative estimate of drug-likeness (QED) is 0.801. The minimum Gasteiger partial charge on any atom is -0.493 e. The predicted molar refractivity (Wildman–Crippen MR) is 62.0 cm³/mol. The van der Waals surface area contributed by atoms with Crippen LogP contribution < -0.4 is 10.5 Å². The molecular weight excluding hydrogens is 186 g/mol. The average molecular weight is 205 g/mol. The summed E-state index contributed by atoms with van der Waals surface area (Å²) in [5, 5.41) is 0. The average Bonchev–Trinajstić information content (AvgIpc) is 2.99. The van der Waals surface area contributed by atoms with Gasteiger partial charge in [0.05, 0.1) is 6.61 Å². The van der Waals surface area contributed by atoms with E-state index in [-0.39, 0.29) is 6.04 Å². The molecule has 0 aromatic heterocycles. The minimum atomic E-state index is 0.190. The third-order valence-electron chi connectivity index (χ3n) is 2.69. The lowest BCUT2D eigenvalue weighted by molar-refractivity contribution is 0.296. The molecule has 15 heavy (non-hydrogen) atoms. The first-order valence-corrected chi connectivity index (χ1v) is 5.72. The smallest absolute Gasteiger partial charge is 0.122 e. The van der Waals surface area contributed by atoms with Crippen molar-refractivity contribution in [3.63, 3.8) is 0 Å². The molecule has 0 aliphatic heterocycles. The maximum atomic E-state index is 5.81. The van der Waals surface area contributed by atoms with Crippen LogP contribution in [0.5, 0.6) is 5.75 Å². The zero-order valence-corrected chi connectivity index (χ0v) is 9.28. The van der Waals surface area contributed by atoms with Crippen LogP contribution in [0.15, 0.2) is 24.3 Å². The molecular formula is C13H19NO. The van der Waals surface area contributed by atoms with E-state index in [1.165, 1.54) is 18.4 Å². The van der Waals surface area contributed by atoms with Crippen LogP contribution in [0.2, 0.25) is 0 Å². The number of nitrogens with two attached hydrogens (primary N) is 1. The number of benzene rings is 1. The van der Waals surface area contributed by atoms with Crippen LogP contribution in [0.3, 0.4) is 0 Å². The van der Waals surface area contributed by atoms with Crippen LogP contribution in [0.4, 0.5) is 0 Å². The van der Waals surface area contributed by atoms with Crippen molar-refractivity contribution in [1.29, 1.82) is 0 Å². The highest BCUT2D eigenvalue weighted by molar-refractivity contribution is 5.33. The van der Waals surface area contributed by atoms with Gasteiger partial charge >= 0.3 is 0 Å². The molecule has 1 aromatic rings. The Balaban J connectivity index is 1.99. The molecule has 82 valence electrons. The van der Waals surface area contributed by atoms with Crippen LogP contribution in [0.25, 0.3) is 0 Å². The SMILES string of the molecule is CC(N)Cc1ccccc1OCC1CC1. The molecule has 0 amide bonds. The van der Waals surface area contributed by atoms with Crippen LogP contribution >= 0.6 is 0 Å². The van der Waals surface area contributed by atoms with E-state index in [2.05, 4.69) is 6.07 Å². The standard InChI is InChI=1S/C13H19NO/c1-10(14)8-12-4-2-3-5-13(12)15-9-11-6-7-11/h2-5,10-11H,6-9,14H2,1H3. The van der Waals surface area contributed by atoms with Crippen molar-refractivity contribution in [2.75, 3.05) is 6.61 Å². The van der Waals surface area contributed by atoms with Crippen LogP contribution in [0.1, 0.15) is 25.3 Å². The summed E-state index contributed by atoms with van der Waals surface area (Å²) in [6, 6.07) is 8.40. The highest BCUT2D eigenvalue weighted by atomic mass is 16.5. The molecule has 0 saturated heterocycles. The van der Waals surface area contributed by atoms with Crippen LogP contribution in [-0.2, 0) is 6.42 Å². The van der Waals surface area contributed by atoms with E-state index in [9.17, 15) is 0 Å². The number of ether oxygens (including phenoxy) is 1. The predicted octanol–water partition coefficient (Wildman–Crippen LogP) is 2.37. The van der Waals surface area contributed by atoms with Crippen molar-refractivity contribution in [3.8, 4) is 5.75 Å². The number of hydrogen-bond acceptors (Lipinski definition) is 2. The lowest BCUT2D eigenvalue weighted by atomic mass is 10.1. The molecule has 2 N–H and O–H groups in total. The second-order valence-electron chi connectivity index (χ2n) is 4.54. The topological polar surface area (TPSA) is 35.2 Å². The van der Waals surface area contributed by atoms with Crippen LogP contribution in [0, 0.1) is 5.92 Å². The Kier molecular flexibility index (Phi) is 3.27. The van der Waals surface area contributed by atoms with Gasteiger partial charge in [0.2, 0.25) is 0 Å². The summed E-state index contributed by atoms with van der Waals surface area (Å²) in [5.74, 6) is 1.81. The maximum Gasteiger partial charge on any atom is 0.122 e. The molecule has 2 rings (SSSR count). The molecule has 0 heterocycles. The van der Waals surface area contributed by atoms with Crippen molar-refractivity contribution in [2.45, 2.75) is 32.2 Å². The lowest BCUT2D eigenvalue weighted by Crippen LogP contribution is -2.18. The van der Waals surface area contributed by atoms with E-state index < -0.39 is 0 Å². The van der Waals surface area contributed by atoms with Gasteiger partial charge in [-0.1, -0.05) is 18.2 Å². The first-order valence-electron chi connectivity index (χ1n) is 5.72. The molecule has 1 atom stereocenters. The van der Waals surface area contributed by atoms with Gasteiger partial charge in [0, 0.05) is 6.04 Å². The van der Waals surface area contributed by atoms with Gasteiger partial charge in [0.25, 0.3) is 0 Å². The van der Waals surface area contributed by atoms with Crippen LogP contribution in [-0.4, -0.2) is 12.6 Å². The Bertz CT molecular complexity index is 318.